The molecule has 0 aromatic heterocycles. The molecular weight excluding hydrogens is 596 g/mol. The molecule has 0 spiro atoms. The summed E-state index contributed by atoms with van der Waals surface area (Å²) in [6, 6.07) is 0. The quantitative estimate of drug-likeness (QED) is 0.0499. The molecule has 2 unspecified atom stereocenters. The molecule has 6 nitrogen and oxygen atoms in total. The van der Waals surface area contributed by atoms with E-state index in [1.165, 1.54) is 141 Å². The van der Waals surface area contributed by atoms with Crippen LogP contribution in [0.15, 0.2) is 0 Å². The van der Waals surface area contributed by atoms with Crippen LogP contribution >= 0.6 is 0 Å². The third-order valence-electron chi connectivity index (χ3n) is 10.1. The first kappa shape index (κ1) is 47.8. The molecule has 0 aliphatic carbocycles. The lowest BCUT2D eigenvalue weighted by Gasteiger charge is -2.34. The van der Waals surface area contributed by atoms with Crippen LogP contribution in [0.2, 0.25) is 0 Å². The van der Waals surface area contributed by atoms with Crippen LogP contribution in [-0.4, -0.2) is 112 Å². The third-order valence-corrected chi connectivity index (χ3v) is 10.1. The van der Waals surface area contributed by atoms with E-state index < -0.39 is 12.2 Å². The first-order valence-electron chi connectivity index (χ1n) is 21.3. The maximum Gasteiger partial charge on any atom is 0.126 e. The Balaban J connectivity index is 3.70. The van der Waals surface area contributed by atoms with Gasteiger partial charge in [-0.3, -0.25) is 0 Å². The Labute approximate surface area is 301 Å². The van der Waals surface area contributed by atoms with Crippen LogP contribution in [-0.2, 0) is 9.47 Å². The van der Waals surface area contributed by atoms with E-state index in [0.29, 0.717) is 13.2 Å². The number of ether oxygens (including phenoxy) is 2. The van der Waals surface area contributed by atoms with E-state index >= 15 is 0 Å². The predicted molar refractivity (Wildman–Crippen MR) is 209 cm³/mol. The zero-order chi connectivity index (χ0) is 35.6. The van der Waals surface area contributed by atoms with Gasteiger partial charge in [-0.2, -0.15) is 0 Å². The van der Waals surface area contributed by atoms with Crippen molar-refractivity contribution in [1.29, 1.82) is 0 Å². The molecule has 48 heavy (non-hydrogen) atoms. The molecule has 0 aliphatic heterocycles. The minimum Gasteiger partial charge on any atom is -0.385 e. The third kappa shape index (κ3) is 35.6. The van der Waals surface area contributed by atoms with Gasteiger partial charge in [-0.25, -0.2) is 0 Å². The second kappa shape index (κ2) is 33.9. The zero-order valence-electron chi connectivity index (χ0n) is 33.8. The molecule has 0 rings (SSSR count). The fraction of sp³-hybridized carbons (Fsp3) is 1.00. The summed E-state index contributed by atoms with van der Waals surface area (Å²) in [5, 5.41) is 21.2. The summed E-state index contributed by atoms with van der Waals surface area (Å²) < 4.78 is 13.3. The predicted octanol–water partition coefficient (Wildman–Crippen LogP) is 10.1. The number of unbranched alkanes of at least 4 members (excludes halogenated alkanes) is 23. The van der Waals surface area contributed by atoms with Gasteiger partial charge in [-0.1, -0.05) is 155 Å². The van der Waals surface area contributed by atoms with E-state index in [9.17, 15) is 10.2 Å². The summed E-state index contributed by atoms with van der Waals surface area (Å²) in [7, 11) is 8.86. The second-order valence-electron chi connectivity index (χ2n) is 16.6. The van der Waals surface area contributed by atoms with Gasteiger partial charge in [0, 0.05) is 26.1 Å². The highest BCUT2D eigenvalue weighted by molar-refractivity contribution is 4.56. The number of nitrogens with zero attached hydrogens (tertiary/aromatic N) is 2. The molecule has 0 bridgehead atoms. The van der Waals surface area contributed by atoms with Crippen molar-refractivity contribution in [2.45, 2.75) is 193 Å². The molecular formula is C42H90N2O4+2. The lowest BCUT2D eigenvalue weighted by molar-refractivity contribution is -0.899. The maximum atomic E-state index is 10.6. The molecule has 0 amide bonds. The normalized spacial score (nSPS) is 13.8. The Bertz CT molecular complexity index is 591. The van der Waals surface area contributed by atoms with Crippen molar-refractivity contribution in [2.75, 3.05) is 80.8 Å². The molecule has 0 saturated carbocycles. The summed E-state index contributed by atoms with van der Waals surface area (Å²) in [5.41, 5.74) is 0. The van der Waals surface area contributed by atoms with Gasteiger partial charge in [0.25, 0.3) is 0 Å². The average molecular weight is 687 g/mol. The second-order valence-corrected chi connectivity index (χ2v) is 16.6. The molecule has 290 valence electrons. The van der Waals surface area contributed by atoms with Crippen molar-refractivity contribution in [2.24, 2.45) is 0 Å². The Kier molecular flexibility index (Phi) is 33.7. The fourth-order valence-corrected chi connectivity index (χ4v) is 7.04. The largest absolute Gasteiger partial charge is 0.385 e. The van der Waals surface area contributed by atoms with E-state index in [0.717, 1.165) is 74.0 Å². The molecule has 2 N–H and O–H groups in total. The standard InChI is InChI=1S/C42H90N2O4/c1-7-9-11-13-15-17-19-21-23-25-27-31-35-47-39-41(45)37-43(3,4)33-29-30-34-44(5,6)38-42(46)40-48-36-32-28-26-24-22-20-18-16-14-12-10-8-2/h41-42,45-46H,7-40H2,1-6H3/q+2. The van der Waals surface area contributed by atoms with Gasteiger partial charge in [0.15, 0.2) is 0 Å². The van der Waals surface area contributed by atoms with Crippen LogP contribution in [0.4, 0.5) is 0 Å². The van der Waals surface area contributed by atoms with E-state index in [2.05, 4.69) is 42.0 Å². The molecule has 0 heterocycles. The minimum absolute atomic E-state index is 0.408. The highest BCUT2D eigenvalue weighted by Gasteiger charge is 2.23. The van der Waals surface area contributed by atoms with Gasteiger partial charge in [0.2, 0.25) is 0 Å². The van der Waals surface area contributed by atoms with Crippen molar-refractivity contribution in [3.63, 3.8) is 0 Å². The van der Waals surface area contributed by atoms with Crippen molar-refractivity contribution in [3.8, 4) is 0 Å². The van der Waals surface area contributed by atoms with Gasteiger partial charge in [-0.05, 0) is 12.8 Å². The molecule has 6 heteroatoms. The van der Waals surface area contributed by atoms with Crippen molar-refractivity contribution >= 4 is 0 Å². The van der Waals surface area contributed by atoms with E-state index in [1.54, 1.807) is 0 Å². The van der Waals surface area contributed by atoms with Crippen molar-refractivity contribution in [1.82, 2.24) is 0 Å². The molecule has 0 aromatic rings. The number of hydrogen-bond acceptors (Lipinski definition) is 4. The lowest BCUT2D eigenvalue weighted by atomic mass is 10.1. The number of likely N-dealkylation sites (N-methyl/N-ethyl adjacent to an activating group) is 2. The summed E-state index contributed by atoms with van der Waals surface area (Å²) in [6.07, 6.45) is 33.8. The number of aliphatic hydroxyl groups is 2. The number of rotatable bonds is 39. The molecule has 0 aliphatic rings. The van der Waals surface area contributed by atoms with Crippen LogP contribution in [0, 0.1) is 0 Å². The Morgan fingerprint density at radius 2 is 0.625 bits per heavy atom. The summed E-state index contributed by atoms with van der Waals surface area (Å²) in [5.74, 6) is 0. The van der Waals surface area contributed by atoms with Crippen LogP contribution < -0.4 is 0 Å². The number of hydrogen-bond donors (Lipinski definition) is 2. The van der Waals surface area contributed by atoms with Gasteiger partial charge < -0.3 is 28.7 Å². The van der Waals surface area contributed by atoms with E-state index in [1.807, 2.05) is 0 Å². The topological polar surface area (TPSA) is 58.9 Å². The average Bonchev–Trinajstić information content (AvgIpc) is 3.03. The summed E-state index contributed by atoms with van der Waals surface area (Å²) in [4.78, 5) is 0. The molecule has 0 fully saturated rings. The van der Waals surface area contributed by atoms with Crippen LogP contribution in [0.5, 0.6) is 0 Å². The SMILES string of the molecule is CCCCCCCCCCCCCCOCC(O)C[N+](C)(C)CCCC[N+](C)(C)CC(O)COCCCCCCCCCCCCCC. The van der Waals surface area contributed by atoms with Gasteiger partial charge >= 0.3 is 0 Å². The Hall–Kier alpha value is -0.240. The summed E-state index contributed by atoms with van der Waals surface area (Å²) >= 11 is 0. The number of quaternary nitrogens is 2. The first-order chi connectivity index (χ1) is 23.1. The van der Waals surface area contributed by atoms with Crippen LogP contribution in [0.1, 0.15) is 181 Å². The summed E-state index contributed by atoms with van der Waals surface area (Å²) in [6.45, 7) is 10.5. The fourth-order valence-electron chi connectivity index (χ4n) is 7.04. The molecule has 0 saturated heterocycles. The number of aliphatic hydroxyl groups excluding tert-OH is 2. The first-order valence-corrected chi connectivity index (χ1v) is 21.3. The van der Waals surface area contributed by atoms with Crippen LogP contribution in [0.3, 0.4) is 0 Å². The Morgan fingerprint density at radius 1 is 0.375 bits per heavy atom. The Morgan fingerprint density at radius 3 is 0.896 bits per heavy atom. The smallest absolute Gasteiger partial charge is 0.126 e. The molecule has 2 atom stereocenters. The molecule has 0 radical (unpaired) electrons. The monoisotopic (exact) mass is 687 g/mol. The van der Waals surface area contributed by atoms with Gasteiger partial charge in [-0.15, -0.1) is 0 Å². The minimum atomic E-state index is -0.408. The van der Waals surface area contributed by atoms with Crippen LogP contribution in [0.25, 0.3) is 0 Å². The lowest BCUT2D eigenvalue weighted by Crippen LogP contribution is -2.49. The zero-order valence-corrected chi connectivity index (χ0v) is 33.8. The highest BCUT2D eigenvalue weighted by Crippen LogP contribution is 2.14. The van der Waals surface area contributed by atoms with E-state index in [4.69, 9.17) is 9.47 Å². The highest BCUT2D eigenvalue weighted by atomic mass is 16.5. The van der Waals surface area contributed by atoms with E-state index in [-0.39, 0.29) is 0 Å². The van der Waals surface area contributed by atoms with Crippen molar-refractivity contribution < 1.29 is 28.7 Å². The van der Waals surface area contributed by atoms with Gasteiger partial charge in [0.05, 0.1) is 54.5 Å². The molecule has 0 aromatic carbocycles. The maximum absolute atomic E-state index is 10.6. The van der Waals surface area contributed by atoms with Crippen molar-refractivity contribution in [3.05, 3.63) is 0 Å². The van der Waals surface area contributed by atoms with Gasteiger partial charge in [0.1, 0.15) is 25.3 Å².